The molecule has 0 saturated carbocycles. The van der Waals surface area contributed by atoms with E-state index in [-0.39, 0.29) is 10.6 Å². The second-order valence-electron chi connectivity index (χ2n) is 4.84. The van der Waals surface area contributed by atoms with Crippen molar-refractivity contribution in [1.82, 2.24) is 4.98 Å². The van der Waals surface area contributed by atoms with Gasteiger partial charge in [-0.3, -0.25) is 4.98 Å². The summed E-state index contributed by atoms with van der Waals surface area (Å²) in [7, 11) is -3.44. The maximum atomic E-state index is 12.7. The third kappa shape index (κ3) is 2.14. The van der Waals surface area contributed by atoms with Gasteiger partial charge < -0.3 is 9.84 Å². The van der Waals surface area contributed by atoms with E-state index in [0.717, 1.165) is 0 Å². The van der Waals surface area contributed by atoms with Gasteiger partial charge in [0.1, 0.15) is 11.3 Å². The molecule has 1 aromatic heterocycles. The number of nitrogens with zero attached hydrogens (tertiary/aromatic N) is 1. The molecule has 0 unspecified atom stereocenters. The molecule has 0 spiro atoms. The van der Waals surface area contributed by atoms with Gasteiger partial charge in [0.05, 0.1) is 10.1 Å². The molecule has 1 N–H and O–H groups in total. The molecular formula is C14H15NO4S. The molecule has 1 aromatic carbocycles. The van der Waals surface area contributed by atoms with Crippen LogP contribution in [0.1, 0.15) is 12.8 Å². The van der Waals surface area contributed by atoms with Crippen molar-refractivity contribution < 1.29 is 18.3 Å². The number of rotatable bonds is 2. The number of pyridine rings is 1. The molecule has 3 rings (SSSR count). The van der Waals surface area contributed by atoms with Crippen LogP contribution in [0.2, 0.25) is 0 Å². The van der Waals surface area contributed by atoms with Gasteiger partial charge in [-0.25, -0.2) is 8.42 Å². The van der Waals surface area contributed by atoms with Crippen molar-refractivity contribution in [3.63, 3.8) is 0 Å². The fourth-order valence-electron chi connectivity index (χ4n) is 2.55. The number of ether oxygens (including phenoxy) is 1. The Kier molecular flexibility index (Phi) is 3.35. The summed E-state index contributed by atoms with van der Waals surface area (Å²) in [6.45, 7) is 0.941. The minimum absolute atomic E-state index is 0.00784. The Bertz CT molecular complexity index is 736. The predicted molar refractivity (Wildman–Crippen MR) is 74.4 cm³/mol. The summed E-state index contributed by atoms with van der Waals surface area (Å²) < 4.78 is 30.7. The quantitative estimate of drug-likeness (QED) is 0.915. The summed E-state index contributed by atoms with van der Waals surface area (Å²) in [5.74, 6) is -0.00784. The molecule has 0 atom stereocenters. The molecular weight excluding hydrogens is 278 g/mol. The lowest BCUT2D eigenvalue weighted by atomic mass is 10.2. The van der Waals surface area contributed by atoms with E-state index in [1.54, 1.807) is 12.1 Å². The summed E-state index contributed by atoms with van der Waals surface area (Å²) in [5.41, 5.74) is 0.320. The van der Waals surface area contributed by atoms with E-state index in [2.05, 4.69) is 4.98 Å². The Morgan fingerprint density at radius 2 is 1.95 bits per heavy atom. The van der Waals surface area contributed by atoms with Crippen LogP contribution in [0.5, 0.6) is 5.75 Å². The lowest BCUT2D eigenvalue weighted by Crippen LogP contribution is -2.29. The van der Waals surface area contributed by atoms with E-state index in [1.807, 2.05) is 0 Å². The molecule has 106 valence electrons. The van der Waals surface area contributed by atoms with E-state index in [9.17, 15) is 13.5 Å². The fourth-order valence-corrected chi connectivity index (χ4v) is 4.45. The smallest absolute Gasteiger partial charge is 0.182 e. The molecule has 1 aliphatic heterocycles. The van der Waals surface area contributed by atoms with Gasteiger partial charge in [-0.1, -0.05) is 0 Å². The van der Waals surface area contributed by atoms with Crippen molar-refractivity contribution >= 4 is 20.7 Å². The van der Waals surface area contributed by atoms with Crippen LogP contribution < -0.4 is 0 Å². The van der Waals surface area contributed by atoms with Gasteiger partial charge in [-0.2, -0.15) is 0 Å². The summed E-state index contributed by atoms with van der Waals surface area (Å²) in [5, 5.41) is 9.84. The van der Waals surface area contributed by atoms with Crippen LogP contribution in [0.25, 0.3) is 10.9 Å². The molecule has 1 fully saturated rings. The van der Waals surface area contributed by atoms with Crippen molar-refractivity contribution in [2.45, 2.75) is 23.0 Å². The van der Waals surface area contributed by atoms with Gasteiger partial charge in [0, 0.05) is 24.8 Å². The zero-order chi connectivity index (χ0) is 14.2. The van der Waals surface area contributed by atoms with Crippen LogP contribution >= 0.6 is 0 Å². The highest BCUT2D eigenvalue weighted by molar-refractivity contribution is 7.92. The molecule has 2 aromatic rings. The van der Waals surface area contributed by atoms with Gasteiger partial charge in [-0.15, -0.1) is 0 Å². The van der Waals surface area contributed by atoms with Crippen LogP contribution in [0.3, 0.4) is 0 Å². The molecule has 6 heteroatoms. The third-order valence-corrected chi connectivity index (χ3v) is 5.94. The summed E-state index contributed by atoms with van der Waals surface area (Å²) in [4.78, 5) is 4.30. The SMILES string of the molecule is O=S(=O)(c1ccc(O)c2ncccc12)C1CCOCC1. The molecule has 0 bridgehead atoms. The average molecular weight is 293 g/mol. The maximum absolute atomic E-state index is 12.7. The second kappa shape index (κ2) is 5.03. The van der Waals surface area contributed by atoms with Crippen LogP contribution in [0, 0.1) is 0 Å². The Hall–Kier alpha value is -1.66. The zero-order valence-corrected chi connectivity index (χ0v) is 11.6. The number of hydrogen-bond acceptors (Lipinski definition) is 5. The minimum Gasteiger partial charge on any atom is -0.506 e. The van der Waals surface area contributed by atoms with Gasteiger partial charge in [0.2, 0.25) is 0 Å². The van der Waals surface area contributed by atoms with E-state index in [4.69, 9.17) is 4.74 Å². The first-order chi connectivity index (χ1) is 9.60. The highest BCUT2D eigenvalue weighted by Gasteiger charge is 2.31. The van der Waals surface area contributed by atoms with Crippen LogP contribution in [-0.4, -0.2) is 37.0 Å². The predicted octanol–water partition coefficient (Wildman–Crippen LogP) is 1.89. The van der Waals surface area contributed by atoms with Crippen molar-refractivity contribution in [2.75, 3.05) is 13.2 Å². The number of phenols is 1. The zero-order valence-electron chi connectivity index (χ0n) is 10.8. The Morgan fingerprint density at radius 1 is 1.20 bits per heavy atom. The number of phenolic OH excluding ortho intramolecular Hbond substituents is 1. The monoisotopic (exact) mass is 293 g/mol. The standard InChI is InChI=1S/C14H15NO4S/c16-12-3-4-13(11-2-1-7-15-14(11)12)20(17,18)10-5-8-19-9-6-10/h1-4,7,10,16H,5-6,8-9H2. The largest absolute Gasteiger partial charge is 0.506 e. The summed E-state index contributed by atoms with van der Waals surface area (Å²) >= 11 is 0. The molecule has 0 amide bonds. The molecule has 2 heterocycles. The molecule has 5 nitrogen and oxygen atoms in total. The average Bonchev–Trinajstić information content (AvgIpc) is 2.48. The van der Waals surface area contributed by atoms with Crippen molar-refractivity contribution in [2.24, 2.45) is 0 Å². The maximum Gasteiger partial charge on any atom is 0.182 e. The number of aromatic nitrogens is 1. The van der Waals surface area contributed by atoms with Crippen molar-refractivity contribution in [1.29, 1.82) is 0 Å². The lowest BCUT2D eigenvalue weighted by molar-refractivity contribution is 0.0983. The first-order valence-electron chi connectivity index (χ1n) is 6.49. The van der Waals surface area contributed by atoms with Crippen molar-refractivity contribution in [3.05, 3.63) is 30.5 Å². The Labute approximate surface area is 117 Å². The van der Waals surface area contributed by atoms with Crippen LogP contribution in [-0.2, 0) is 14.6 Å². The number of benzene rings is 1. The first kappa shape index (κ1) is 13.3. The van der Waals surface area contributed by atoms with Gasteiger partial charge in [-0.05, 0) is 37.1 Å². The van der Waals surface area contributed by atoms with E-state index < -0.39 is 15.1 Å². The normalized spacial score (nSPS) is 17.4. The minimum atomic E-state index is -3.44. The van der Waals surface area contributed by atoms with Gasteiger partial charge >= 0.3 is 0 Å². The van der Waals surface area contributed by atoms with Crippen LogP contribution in [0.15, 0.2) is 35.4 Å². The summed E-state index contributed by atoms with van der Waals surface area (Å²) in [6, 6.07) is 6.20. The van der Waals surface area contributed by atoms with Crippen molar-refractivity contribution in [3.8, 4) is 5.75 Å². The van der Waals surface area contributed by atoms with E-state index >= 15 is 0 Å². The number of fused-ring (bicyclic) bond motifs is 1. The number of aromatic hydroxyl groups is 1. The molecule has 1 aliphatic rings. The first-order valence-corrected chi connectivity index (χ1v) is 8.03. The Morgan fingerprint density at radius 3 is 2.70 bits per heavy atom. The highest BCUT2D eigenvalue weighted by Crippen LogP contribution is 2.32. The highest BCUT2D eigenvalue weighted by atomic mass is 32.2. The number of hydrogen-bond donors (Lipinski definition) is 1. The molecule has 0 aliphatic carbocycles. The van der Waals surface area contributed by atoms with E-state index in [1.165, 1.54) is 18.3 Å². The van der Waals surface area contributed by atoms with Gasteiger partial charge in [0.25, 0.3) is 0 Å². The van der Waals surface area contributed by atoms with Gasteiger partial charge in [0.15, 0.2) is 9.84 Å². The molecule has 1 saturated heterocycles. The molecule has 20 heavy (non-hydrogen) atoms. The second-order valence-corrected chi connectivity index (χ2v) is 7.04. The van der Waals surface area contributed by atoms with E-state index in [0.29, 0.717) is 37.0 Å². The lowest BCUT2D eigenvalue weighted by Gasteiger charge is -2.22. The van der Waals surface area contributed by atoms with Crippen LogP contribution in [0.4, 0.5) is 0 Å². The topological polar surface area (TPSA) is 76.5 Å². The molecule has 0 radical (unpaired) electrons. The Balaban J connectivity index is 2.16. The third-order valence-electron chi connectivity index (χ3n) is 3.62. The fraction of sp³-hybridized carbons (Fsp3) is 0.357. The summed E-state index contributed by atoms with van der Waals surface area (Å²) in [6.07, 6.45) is 2.54. The number of sulfone groups is 1.